The smallest absolute Gasteiger partial charge is 0.248 e. The average molecular weight is 263 g/mol. The molecule has 0 unspecified atom stereocenters. The van der Waals surface area contributed by atoms with E-state index in [0.717, 1.165) is 37.6 Å². The summed E-state index contributed by atoms with van der Waals surface area (Å²) in [6.07, 6.45) is 0. The molecule has 0 spiro atoms. The molecule has 5 heteroatoms. The number of amides is 1. The molecule has 0 aliphatic carbocycles. The largest absolute Gasteiger partial charge is 0.490 e. The Bertz CT molecular complexity index is 411. The van der Waals surface area contributed by atoms with Crippen molar-refractivity contribution in [2.45, 2.75) is 0 Å². The van der Waals surface area contributed by atoms with Crippen LogP contribution < -0.4 is 9.64 Å². The van der Waals surface area contributed by atoms with Crippen molar-refractivity contribution >= 4 is 11.6 Å². The van der Waals surface area contributed by atoms with Crippen LogP contribution in [-0.4, -0.2) is 50.7 Å². The number of hydrogen-bond acceptors (Lipinski definition) is 4. The van der Waals surface area contributed by atoms with E-state index in [9.17, 15) is 4.79 Å². The van der Waals surface area contributed by atoms with Gasteiger partial charge in [-0.25, -0.2) is 0 Å². The molecule has 2 rings (SSSR count). The molecule has 5 nitrogen and oxygen atoms in total. The number of nitrogens with zero attached hydrogens (tertiary/aromatic N) is 2. The first-order valence-electron chi connectivity index (χ1n) is 6.28. The first-order chi connectivity index (χ1) is 9.24. The maximum Gasteiger partial charge on any atom is 0.248 e. The zero-order valence-electron chi connectivity index (χ0n) is 11.2. The van der Waals surface area contributed by atoms with E-state index in [2.05, 4.69) is 12.0 Å². The molecule has 1 fully saturated rings. The maximum absolute atomic E-state index is 11.7. The van der Waals surface area contributed by atoms with Gasteiger partial charge in [-0.05, 0) is 24.3 Å². The normalized spacial score (nSPS) is 15.5. The highest BCUT2D eigenvalue weighted by Gasteiger charge is 2.20. The maximum atomic E-state index is 11.7. The van der Waals surface area contributed by atoms with Crippen molar-refractivity contribution in [3.63, 3.8) is 0 Å². The third-order valence-corrected chi connectivity index (χ3v) is 3.27. The molecule has 1 heterocycles. The highest BCUT2D eigenvalue weighted by Crippen LogP contribution is 2.20. The van der Waals surface area contributed by atoms with Gasteiger partial charge in [0.05, 0.1) is 0 Å². The predicted molar refractivity (Wildman–Crippen MR) is 73.1 cm³/mol. The standard InChI is InChI=1S/C14H19N2O3/c1-18-11-14(17)16-9-7-15(8-10-16)12-3-5-13(19-2)6-4-12/h3-6H,2,7-11H2,1H3. The van der Waals surface area contributed by atoms with Crippen LogP contribution in [0.4, 0.5) is 5.69 Å². The lowest BCUT2D eigenvalue weighted by Gasteiger charge is -2.36. The van der Waals surface area contributed by atoms with Crippen molar-refractivity contribution in [2.75, 3.05) is 44.8 Å². The molecular weight excluding hydrogens is 244 g/mol. The number of rotatable bonds is 4. The first-order valence-corrected chi connectivity index (χ1v) is 6.28. The second kappa shape index (κ2) is 6.43. The highest BCUT2D eigenvalue weighted by atomic mass is 16.5. The average Bonchev–Trinajstić information content (AvgIpc) is 2.48. The van der Waals surface area contributed by atoms with Crippen LogP contribution >= 0.6 is 0 Å². The summed E-state index contributed by atoms with van der Waals surface area (Å²) < 4.78 is 9.77. The molecule has 1 radical (unpaired) electrons. The molecule has 0 bridgehead atoms. The minimum atomic E-state index is 0.0583. The van der Waals surface area contributed by atoms with Crippen LogP contribution in [0.15, 0.2) is 24.3 Å². The van der Waals surface area contributed by atoms with Crippen LogP contribution in [0, 0.1) is 7.11 Å². The summed E-state index contributed by atoms with van der Waals surface area (Å²) in [7, 11) is 4.92. The SMILES string of the molecule is [CH2]Oc1ccc(N2CCN(C(=O)COC)CC2)cc1. The Morgan fingerprint density at radius 1 is 1.21 bits per heavy atom. The molecule has 103 valence electrons. The van der Waals surface area contributed by atoms with Crippen LogP contribution in [-0.2, 0) is 9.53 Å². The fourth-order valence-corrected chi connectivity index (χ4v) is 2.18. The van der Waals surface area contributed by atoms with Crippen LogP contribution in [0.2, 0.25) is 0 Å². The second-order valence-electron chi connectivity index (χ2n) is 4.44. The van der Waals surface area contributed by atoms with Gasteiger partial charge in [0.2, 0.25) is 5.91 Å². The number of carbonyl (C=O) groups excluding carboxylic acids is 1. The molecule has 0 aromatic heterocycles. The van der Waals surface area contributed by atoms with Crippen molar-refractivity contribution < 1.29 is 14.3 Å². The summed E-state index contributed by atoms with van der Waals surface area (Å²) in [6, 6.07) is 7.80. The molecule has 0 saturated carbocycles. The van der Waals surface area contributed by atoms with Gasteiger partial charge in [0.25, 0.3) is 0 Å². The van der Waals surface area contributed by atoms with E-state index in [1.807, 2.05) is 29.2 Å². The van der Waals surface area contributed by atoms with E-state index in [-0.39, 0.29) is 12.5 Å². The quantitative estimate of drug-likeness (QED) is 0.817. The molecule has 19 heavy (non-hydrogen) atoms. The van der Waals surface area contributed by atoms with Crippen molar-refractivity contribution in [3.05, 3.63) is 31.4 Å². The predicted octanol–water partition coefficient (Wildman–Crippen LogP) is 1.15. The molecule has 0 atom stereocenters. The number of piperazine rings is 1. The topological polar surface area (TPSA) is 42.0 Å². The van der Waals surface area contributed by atoms with Crippen LogP contribution in [0.3, 0.4) is 0 Å². The molecular formula is C14H19N2O3. The van der Waals surface area contributed by atoms with E-state index >= 15 is 0 Å². The van der Waals surface area contributed by atoms with E-state index in [1.165, 1.54) is 0 Å². The van der Waals surface area contributed by atoms with Gasteiger partial charge in [0.15, 0.2) is 0 Å². The summed E-state index contributed by atoms with van der Waals surface area (Å²) in [5.41, 5.74) is 1.14. The van der Waals surface area contributed by atoms with E-state index in [0.29, 0.717) is 0 Å². The first kappa shape index (κ1) is 13.7. The molecule has 1 saturated heterocycles. The molecule has 1 aromatic rings. The Labute approximate surface area is 113 Å². The number of methoxy groups -OCH3 is 1. The summed E-state index contributed by atoms with van der Waals surface area (Å²) in [4.78, 5) is 15.8. The summed E-state index contributed by atoms with van der Waals surface area (Å²) >= 11 is 0. The number of anilines is 1. The van der Waals surface area contributed by atoms with Crippen LogP contribution in [0.25, 0.3) is 0 Å². The lowest BCUT2D eigenvalue weighted by atomic mass is 10.2. The number of benzene rings is 1. The monoisotopic (exact) mass is 263 g/mol. The van der Waals surface area contributed by atoms with Gasteiger partial charge in [0, 0.05) is 39.0 Å². The van der Waals surface area contributed by atoms with Crippen molar-refractivity contribution in [2.24, 2.45) is 0 Å². The Hall–Kier alpha value is -1.75. The molecule has 0 N–H and O–H groups in total. The number of hydrogen-bond donors (Lipinski definition) is 0. The Morgan fingerprint density at radius 3 is 2.37 bits per heavy atom. The third-order valence-electron chi connectivity index (χ3n) is 3.27. The van der Waals surface area contributed by atoms with Crippen molar-refractivity contribution in [1.82, 2.24) is 4.90 Å². The number of ether oxygens (including phenoxy) is 2. The van der Waals surface area contributed by atoms with Gasteiger partial charge in [0.1, 0.15) is 19.5 Å². The van der Waals surface area contributed by atoms with Gasteiger partial charge < -0.3 is 19.3 Å². The lowest BCUT2D eigenvalue weighted by Crippen LogP contribution is -2.49. The third kappa shape index (κ3) is 3.38. The van der Waals surface area contributed by atoms with Crippen LogP contribution in [0.1, 0.15) is 0 Å². The minimum Gasteiger partial charge on any atom is -0.490 e. The molecule has 1 amide bonds. The Kier molecular flexibility index (Phi) is 4.63. The van der Waals surface area contributed by atoms with Gasteiger partial charge in [-0.15, -0.1) is 0 Å². The Morgan fingerprint density at radius 2 is 1.84 bits per heavy atom. The van der Waals surface area contributed by atoms with Crippen molar-refractivity contribution in [1.29, 1.82) is 0 Å². The zero-order valence-corrected chi connectivity index (χ0v) is 11.2. The Balaban J connectivity index is 1.90. The highest BCUT2D eigenvalue weighted by molar-refractivity contribution is 5.77. The summed E-state index contributed by atoms with van der Waals surface area (Å²) in [5, 5.41) is 0. The fourth-order valence-electron chi connectivity index (χ4n) is 2.18. The fraction of sp³-hybridized carbons (Fsp3) is 0.429. The van der Waals surface area contributed by atoms with Gasteiger partial charge in [-0.3, -0.25) is 4.79 Å². The van der Waals surface area contributed by atoms with Crippen LogP contribution in [0.5, 0.6) is 5.75 Å². The number of carbonyl (C=O) groups is 1. The van der Waals surface area contributed by atoms with E-state index < -0.39 is 0 Å². The molecule has 1 aliphatic heterocycles. The van der Waals surface area contributed by atoms with E-state index in [4.69, 9.17) is 9.47 Å². The minimum absolute atomic E-state index is 0.0583. The second-order valence-corrected chi connectivity index (χ2v) is 4.44. The van der Waals surface area contributed by atoms with Crippen molar-refractivity contribution in [3.8, 4) is 5.75 Å². The van der Waals surface area contributed by atoms with Gasteiger partial charge in [-0.1, -0.05) is 0 Å². The van der Waals surface area contributed by atoms with Gasteiger partial charge in [-0.2, -0.15) is 0 Å². The zero-order chi connectivity index (χ0) is 13.7. The summed E-state index contributed by atoms with van der Waals surface area (Å²) in [6.45, 7) is 3.29. The van der Waals surface area contributed by atoms with E-state index in [1.54, 1.807) is 7.11 Å². The lowest BCUT2D eigenvalue weighted by molar-refractivity contribution is -0.135. The molecule has 1 aliphatic rings. The van der Waals surface area contributed by atoms with Gasteiger partial charge >= 0.3 is 0 Å². The summed E-state index contributed by atoms with van der Waals surface area (Å²) in [5.74, 6) is 0.806. The molecule has 1 aromatic carbocycles.